The molecule has 0 saturated heterocycles. The second-order valence-corrected chi connectivity index (χ2v) is 5.34. The van der Waals surface area contributed by atoms with Crippen LogP contribution in [-0.4, -0.2) is 23.7 Å². The number of ether oxygens (including phenoxy) is 1. The second-order valence-electron chi connectivity index (χ2n) is 4.29. The predicted molar refractivity (Wildman–Crippen MR) is 85.4 cm³/mol. The Bertz CT molecular complexity index is 676. The number of methoxy groups -OCH3 is 1. The van der Waals surface area contributed by atoms with Crippen LogP contribution in [0, 0.1) is 10.1 Å². The highest BCUT2D eigenvalue weighted by molar-refractivity contribution is 8.00. The molecular formula is C15H14N2O4S. The van der Waals surface area contributed by atoms with Gasteiger partial charge < -0.3 is 10.1 Å². The summed E-state index contributed by atoms with van der Waals surface area (Å²) in [6.07, 6.45) is 0. The second kappa shape index (κ2) is 7.46. The number of carbonyl (C=O) groups is 1. The maximum absolute atomic E-state index is 11.9. The third-order valence-electron chi connectivity index (χ3n) is 2.77. The highest BCUT2D eigenvalue weighted by Gasteiger charge is 2.15. The van der Waals surface area contributed by atoms with Gasteiger partial charge in [-0.05, 0) is 18.2 Å². The molecule has 0 spiro atoms. The number of nitrogens with one attached hydrogen (secondary N) is 1. The number of thioether (sulfide) groups is 1. The molecule has 0 heterocycles. The first-order valence-electron chi connectivity index (χ1n) is 6.40. The summed E-state index contributed by atoms with van der Waals surface area (Å²) in [7, 11) is 1.35. The van der Waals surface area contributed by atoms with E-state index in [4.69, 9.17) is 4.74 Å². The fraction of sp³-hybridized carbons (Fsp3) is 0.133. The minimum absolute atomic E-state index is 0.110. The first kappa shape index (κ1) is 15.8. The summed E-state index contributed by atoms with van der Waals surface area (Å²) in [5.74, 6) is 0.173. The van der Waals surface area contributed by atoms with E-state index in [2.05, 4.69) is 5.32 Å². The van der Waals surface area contributed by atoms with Crippen LogP contribution in [0.25, 0.3) is 0 Å². The van der Waals surface area contributed by atoms with Gasteiger partial charge in [-0.25, -0.2) is 0 Å². The zero-order valence-corrected chi connectivity index (χ0v) is 12.6. The van der Waals surface area contributed by atoms with Crippen molar-refractivity contribution in [2.75, 3.05) is 18.2 Å². The van der Waals surface area contributed by atoms with Crippen molar-refractivity contribution in [3.8, 4) is 5.75 Å². The number of hydrogen-bond acceptors (Lipinski definition) is 5. The van der Waals surface area contributed by atoms with Gasteiger partial charge in [0.15, 0.2) is 5.75 Å². The van der Waals surface area contributed by atoms with Crippen LogP contribution < -0.4 is 10.1 Å². The van der Waals surface area contributed by atoms with E-state index in [1.54, 1.807) is 0 Å². The molecule has 0 fully saturated rings. The van der Waals surface area contributed by atoms with Crippen LogP contribution in [0.4, 0.5) is 11.4 Å². The molecule has 0 aliphatic carbocycles. The lowest BCUT2D eigenvalue weighted by Crippen LogP contribution is -2.14. The standard InChI is InChI=1S/C15H14N2O4S/c1-21-14-9-11(7-8-13(14)17(19)20)16-15(18)10-22-12-5-3-2-4-6-12/h2-9H,10H2,1H3,(H,16,18). The summed E-state index contributed by atoms with van der Waals surface area (Å²) >= 11 is 1.41. The van der Waals surface area contributed by atoms with Gasteiger partial charge >= 0.3 is 5.69 Å². The molecule has 114 valence electrons. The van der Waals surface area contributed by atoms with Crippen molar-refractivity contribution in [2.24, 2.45) is 0 Å². The fourth-order valence-corrected chi connectivity index (χ4v) is 2.49. The summed E-state index contributed by atoms with van der Waals surface area (Å²) in [5.41, 5.74) is 0.320. The molecule has 1 amide bonds. The molecule has 0 bridgehead atoms. The summed E-state index contributed by atoms with van der Waals surface area (Å²) in [4.78, 5) is 23.2. The molecule has 0 aliphatic rings. The van der Waals surface area contributed by atoms with Crippen molar-refractivity contribution in [3.63, 3.8) is 0 Å². The molecule has 1 N–H and O–H groups in total. The van der Waals surface area contributed by atoms with Crippen LogP contribution in [-0.2, 0) is 4.79 Å². The van der Waals surface area contributed by atoms with Crippen molar-refractivity contribution in [3.05, 3.63) is 58.6 Å². The molecule has 0 aliphatic heterocycles. The largest absolute Gasteiger partial charge is 0.490 e. The van der Waals surface area contributed by atoms with E-state index in [1.165, 1.54) is 37.1 Å². The molecule has 6 nitrogen and oxygen atoms in total. The zero-order valence-electron chi connectivity index (χ0n) is 11.8. The Kier molecular flexibility index (Phi) is 5.37. The maximum atomic E-state index is 11.9. The van der Waals surface area contributed by atoms with Gasteiger partial charge in [0.25, 0.3) is 0 Å². The molecule has 2 aromatic carbocycles. The molecule has 0 radical (unpaired) electrons. The van der Waals surface area contributed by atoms with Crippen molar-refractivity contribution in [1.29, 1.82) is 0 Å². The molecule has 0 unspecified atom stereocenters. The SMILES string of the molecule is COc1cc(NC(=O)CSc2ccccc2)ccc1[N+](=O)[O-]. The number of nitro benzene ring substituents is 1. The molecule has 7 heteroatoms. The van der Waals surface area contributed by atoms with Gasteiger partial charge in [0.2, 0.25) is 5.91 Å². The van der Waals surface area contributed by atoms with Gasteiger partial charge in [0.1, 0.15) is 0 Å². The van der Waals surface area contributed by atoms with Crippen LogP contribution in [0.3, 0.4) is 0 Å². The van der Waals surface area contributed by atoms with Crippen LogP contribution in [0.2, 0.25) is 0 Å². The highest BCUT2D eigenvalue weighted by Crippen LogP contribution is 2.29. The minimum Gasteiger partial charge on any atom is -0.490 e. The number of carbonyl (C=O) groups excluding carboxylic acids is 1. The van der Waals surface area contributed by atoms with Gasteiger partial charge in [-0.3, -0.25) is 14.9 Å². The Balaban J connectivity index is 1.98. The van der Waals surface area contributed by atoms with Crippen molar-refractivity contribution >= 4 is 29.0 Å². The first-order valence-corrected chi connectivity index (χ1v) is 7.39. The minimum atomic E-state index is -0.532. The van der Waals surface area contributed by atoms with E-state index in [0.29, 0.717) is 5.69 Å². The van der Waals surface area contributed by atoms with E-state index >= 15 is 0 Å². The predicted octanol–water partition coefficient (Wildman–Crippen LogP) is 3.33. The summed E-state index contributed by atoms with van der Waals surface area (Å²) in [6.45, 7) is 0. The van der Waals surface area contributed by atoms with Gasteiger partial charge in [-0.15, -0.1) is 11.8 Å². The maximum Gasteiger partial charge on any atom is 0.311 e. The normalized spacial score (nSPS) is 10.0. The molecule has 2 aromatic rings. The van der Waals surface area contributed by atoms with Crippen molar-refractivity contribution < 1.29 is 14.5 Å². The topological polar surface area (TPSA) is 81.5 Å². The molecule has 0 aromatic heterocycles. The van der Waals surface area contributed by atoms with E-state index in [1.807, 2.05) is 30.3 Å². The van der Waals surface area contributed by atoms with Crippen LogP contribution in [0.1, 0.15) is 0 Å². The smallest absolute Gasteiger partial charge is 0.311 e. The van der Waals surface area contributed by atoms with Crippen molar-refractivity contribution in [2.45, 2.75) is 4.90 Å². The number of nitro groups is 1. The summed E-state index contributed by atoms with van der Waals surface area (Å²) in [5, 5.41) is 13.5. The summed E-state index contributed by atoms with van der Waals surface area (Å²) in [6, 6.07) is 13.8. The van der Waals surface area contributed by atoms with E-state index in [9.17, 15) is 14.9 Å². The van der Waals surface area contributed by atoms with E-state index in [0.717, 1.165) is 4.90 Å². The Labute approximate surface area is 131 Å². The lowest BCUT2D eigenvalue weighted by atomic mass is 10.2. The van der Waals surface area contributed by atoms with Crippen LogP contribution in [0.15, 0.2) is 53.4 Å². The van der Waals surface area contributed by atoms with Gasteiger partial charge in [0.05, 0.1) is 17.8 Å². The Morgan fingerprint density at radius 3 is 2.64 bits per heavy atom. The van der Waals surface area contributed by atoms with Crippen molar-refractivity contribution in [1.82, 2.24) is 0 Å². The Morgan fingerprint density at radius 1 is 1.27 bits per heavy atom. The zero-order chi connectivity index (χ0) is 15.9. The van der Waals surface area contributed by atoms with E-state index in [-0.39, 0.29) is 23.1 Å². The Hall–Kier alpha value is -2.54. The van der Waals surface area contributed by atoms with Crippen LogP contribution >= 0.6 is 11.8 Å². The third-order valence-corrected chi connectivity index (χ3v) is 3.79. The number of anilines is 1. The number of hydrogen-bond donors (Lipinski definition) is 1. The van der Waals surface area contributed by atoms with E-state index < -0.39 is 4.92 Å². The molecule has 0 saturated carbocycles. The van der Waals surface area contributed by atoms with Crippen LogP contribution in [0.5, 0.6) is 5.75 Å². The van der Waals surface area contributed by atoms with Gasteiger partial charge in [-0.1, -0.05) is 18.2 Å². The first-order chi connectivity index (χ1) is 10.6. The summed E-state index contributed by atoms with van der Waals surface area (Å²) < 4.78 is 4.96. The number of rotatable bonds is 6. The fourth-order valence-electron chi connectivity index (χ4n) is 1.77. The van der Waals surface area contributed by atoms with Gasteiger partial charge in [-0.2, -0.15) is 0 Å². The molecule has 22 heavy (non-hydrogen) atoms. The molecular weight excluding hydrogens is 304 g/mol. The number of amides is 1. The number of benzene rings is 2. The molecule has 2 rings (SSSR count). The number of nitrogens with zero attached hydrogens (tertiary/aromatic N) is 1. The monoisotopic (exact) mass is 318 g/mol. The third kappa shape index (κ3) is 4.23. The average Bonchev–Trinajstić information content (AvgIpc) is 2.53. The Morgan fingerprint density at radius 2 is 2.00 bits per heavy atom. The lowest BCUT2D eigenvalue weighted by molar-refractivity contribution is -0.385. The van der Waals surface area contributed by atoms with Gasteiger partial charge in [0, 0.05) is 22.7 Å². The highest BCUT2D eigenvalue weighted by atomic mass is 32.2. The lowest BCUT2D eigenvalue weighted by Gasteiger charge is -2.07. The quantitative estimate of drug-likeness (QED) is 0.502. The molecule has 0 atom stereocenters. The average molecular weight is 318 g/mol.